The van der Waals surface area contributed by atoms with E-state index in [1.165, 1.54) is 0 Å². The first-order valence-electron chi connectivity index (χ1n) is 0.204. The Morgan fingerprint density at radius 3 is 0.800 bits per heavy atom. The van der Waals surface area contributed by atoms with E-state index in [9.17, 15) is 0 Å². The normalized spacial score (nSPS) is 0.800. The molecule has 0 aromatic heterocycles. The van der Waals surface area contributed by atoms with Crippen LogP contribution in [0.5, 0.6) is 0 Å². The molecule has 0 unspecified atom stereocenters. The maximum absolute atomic E-state index is 8.34. The molecule has 0 bridgehead atoms. The molecule has 0 aliphatic carbocycles. The Labute approximate surface area is 43.0 Å². The van der Waals surface area contributed by atoms with Crippen molar-refractivity contribution in [2.24, 2.45) is 0 Å². The Hall–Kier alpha value is 0.498. The van der Waals surface area contributed by atoms with Gasteiger partial charge in [0.25, 0.3) is 0 Å². The van der Waals surface area contributed by atoms with E-state index in [-0.39, 0.29) is 16.4 Å². The molecule has 0 rings (SSSR count). The van der Waals surface area contributed by atoms with Crippen LogP contribution in [-0.2, 0) is 3.02 Å². The molecule has 0 atom stereocenters. The topological polar surface area (TPSA) is 112 Å². The first kappa shape index (κ1) is 49.6. The third-order valence-electron chi connectivity index (χ3n) is 0. The summed E-state index contributed by atoms with van der Waals surface area (Å²) in [6, 6.07) is 0. The molecule has 36 valence electrons. The van der Waals surface area contributed by atoms with Crippen LogP contribution in [0, 0.1) is 0 Å². The Balaban J connectivity index is -0.00000000167. The zero-order valence-corrected chi connectivity index (χ0v) is 5.26. The molecule has 0 saturated carbocycles. The number of rotatable bonds is 0. The van der Waals surface area contributed by atoms with Gasteiger partial charge in [-0.1, -0.05) is 0 Å². The molecule has 5 heavy (non-hydrogen) atoms. The fourth-order valence-corrected chi connectivity index (χ4v) is 0. The van der Waals surface area contributed by atoms with Gasteiger partial charge in [-0.15, -0.1) is 0 Å². The Morgan fingerprint density at radius 2 is 0.800 bits per heavy atom. The standard InChI is InChI=1S/3H2O.O.Sb.H/h3*1H2;;;. The summed E-state index contributed by atoms with van der Waals surface area (Å²) in [5.74, 6) is 0. The molecular formula is H7O4Sb. The minimum atomic E-state index is 0. The predicted octanol–water partition coefficient (Wildman–Crippen LogP) is -3.24. The maximum atomic E-state index is 8.34. The molecular weight excluding hydrogens is 186 g/mol. The first-order valence-corrected chi connectivity index (χ1v) is 1.37. The van der Waals surface area contributed by atoms with E-state index in [4.69, 9.17) is 3.02 Å². The third-order valence-corrected chi connectivity index (χ3v) is 0. The van der Waals surface area contributed by atoms with Gasteiger partial charge in [0, 0.05) is 0 Å². The quantitative estimate of drug-likeness (QED) is 0.369. The average molecular weight is 193 g/mol. The Bertz CT molecular complexity index is 3.61. The van der Waals surface area contributed by atoms with E-state index in [2.05, 4.69) is 0 Å². The van der Waals surface area contributed by atoms with E-state index < -0.39 is 0 Å². The van der Waals surface area contributed by atoms with Gasteiger partial charge in [0.15, 0.2) is 0 Å². The number of hydrogen-bond acceptors (Lipinski definition) is 1. The second-order valence-electron chi connectivity index (χ2n) is 0. The molecule has 0 aromatic rings. The van der Waals surface area contributed by atoms with Gasteiger partial charge in [-0.25, -0.2) is 0 Å². The summed E-state index contributed by atoms with van der Waals surface area (Å²) in [6.07, 6.45) is 0. The average Bonchev–Trinajstić information content (AvgIpc) is 1.00. The summed E-state index contributed by atoms with van der Waals surface area (Å²) in [5, 5.41) is 0. The second kappa shape index (κ2) is 222. The first-order chi connectivity index (χ1) is 1.00. The fourth-order valence-electron chi connectivity index (χ4n) is 0. The van der Waals surface area contributed by atoms with Crippen LogP contribution in [0.25, 0.3) is 0 Å². The molecule has 0 spiro atoms. The Morgan fingerprint density at radius 1 is 0.800 bits per heavy atom. The van der Waals surface area contributed by atoms with Crippen LogP contribution >= 0.6 is 0 Å². The summed E-state index contributed by atoms with van der Waals surface area (Å²) >= 11 is 0.300. The molecule has 4 nitrogen and oxygen atoms in total. The molecule has 6 N–H and O–H groups in total. The van der Waals surface area contributed by atoms with Crippen molar-refractivity contribution in [2.75, 3.05) is 0 Å². The third kappa shape index (κ3) is 113. The van der Waals surface area contributed by atoms with Crippen LogP contribution in [-0.4, -0.2) is 39.4 Å². The zero-order valence-electron chi connectivity index (χ0n) is 2.41. The molecule has 0 aliphatic rings. The van der Waals surface area contributed by atoms with Crippen molar-refractivity contribution >= 4 is 23.0 Å². The molecule has 0 amide bonds. The van der Waals surface area contributed by atoms with Crippen LogP contribution in [0.3, 0.4) is 0 Å². The van der Waals surface area contributed by atoms with Gasteiger partial charge in [-0.3, -0.25) is 0 Å². The van der Waals surface area contributed by atoms with Crippen LogP contribution in [0.1, 0.15) is 0 Å². The molecule has 0 aromatic carbocycles. The minimum absolute atomic E-state index is 0. The van der Waals surface area contributed by atoms with Crippen molar-refractivity contribution in [3.63, 3.8) is 0 Å². The van der Waals surface area contributed by atoms with Gasteiger partial charge >= 0.3 is 26.0 Å². The molecule has 0 radical (unpaired) electrons. The van der Waals surface area contributed by atoms with Crippen LogP contribution in [0.2, 0.25) is 0 Å². The monoisotopic (exact) mass is 192 g/mol. The van der Waals surface area contributed by atoms with Crippen LogP contribution < -0.4 is 0 Å². The fraction of sp³-hybridized carbons (Fsp3) is 0. The van der Waals surface area contributed by atoms with E-state index in [1.807, 2.05) is 0 Å². The van der Waals surface area contributed by atoms with Gasteiger partial charge in [0.05, 0.1) is 0 Å². The van der Waals surface area contributed by atoms with E-state index in [0.717, 1.165) is 0 Å². The van der Waals surface area contributed by atoms with Crippen molar-refractivity contribution in [3.05, 3.63) is 0 Å². The van der Waals surface area contributed by atoms with Crippen molar-refractivity contribution in [1.29, 1.82) is 0 Å². The van der Waals surface area contributed by atoms with Crippen molar-refractivity contribution in [3.8, 4) is 0 Å². The van der Waals surface area contributed by atoms with E-state index in [1.54, 1.807) is 0 Å². The summed E-state index contributed by atoms with van der Waals surface area (Å²) in [5.41, 5.74) is 0. The van der Waals surface area contributed by atoms with Gasteiger partial charge in [-0.2, -0.15) is 0 Å². The second-order valence-corrected chi connectivity index (χ2v) is 0. The molecule has 0 aliphatic heterocycles. The van der Waals surface area contributed by atoms with Crippen molar-refractivity contribution in [1.82, 2.24) is 0 Å². The van der Waals surface area contributed by atoms with Crippen LogP contribution in [0.15, 0.2) is 0 Å². The predicted molar refractivity (Wildman–Crippen MR) is 18.7 cm³/mol. The Kier molecular flexibility index (Phi) is 2200. The van der Waals surface area contributed by atoms with Gasteiger partial charge in [0.1, 0.15) is 0 Å². The van der Waals surface area contributed by atoms with Gasteiger partial charge < -0.3 is 16.4 Å². The number of hydrogen-bond donors (Lipinski definition) is 0. The molecule has 5 heteroatoms. The van der Waals surface area contributed by atoms with Gasteiger partial charge in [0.2, 0.25) is 0 Å². The summed E-state index contributed by atoms with van der Waals surface area (Å²) in [7, 11) is 0. The van der Waals surface area contributed by atoms with Crippen molar-refractivity contribution in [2.45, 2.75) is 0 Å². The van der Waals surface area contributed by atoms with E-state index >= 15 is 0 Å². The summed E-state index contributed by atoms with van der Waals surface area (Å²) < 4.78 is 8.34. The van der Waals surface area contributed by atoms with Crippen LogP contribution in [0.4, 0.5) is 0 Å². The SMILES string of the molecule is O.O.O.[O]=[SbH]. The van der Waals surface area contributed by atoms with Crippen molar-refractivity contribution < 1.29 is 19.4 Å². The molecule has 0 heterocycles. The molecule has 0 fully saturated rings. The summed E-state index contributed by atoms with van der Waals surface area (Å²) in [4.78, 5) is 0. The zero-order chi connectivity index (χ0) is 2.00. The van der Waals surface area contributed by atoms with E-state index in [0.29, 0.717) is 23.0 Å². The molecule has 0 saturated heterocycles. The summed E-state index contributed by atoms with van der Waals surface area (Å²) in [6.45, 7) is 0. The van der Waals surface area contributed by atoms with Gasteiger partial charge in [-0.05, 0) is 0 Å².